The lowest BCUT2D eigenvalue weighted by Crippen LogP contribution is -1.99. The summed E-state index contributed by atoms with van der Waals surface area (Å²) < 4.78 is 11.1. The van der Waals surface area contributed by atoms with Crippen molar-refractivity contribution >= 4 is 17.5 Å². The van der Waals surface area contributed by atoms with E-state index in [9.17, 15) is 20.0 Å². The van der Waals surface area contributed by atoms with Gasteiger partial charge in [-0.25, -0.2) is 0 Å². The molecule has 2 aromatic rings. The lowest BCUT2D eigenvalue weighted by molar-refractivity contribution is -0.398. The Hall–Kier alpha value is -3.35. The van der Waals surface area contributed by atoms with Gasteiger partial charge in [0, 0.05) is 18.1 Å². The summed E-state index contributed by atoms with van der Waals surface area (Å²) in [7, 11) is 0. The third-order valence-corrected chi connectivity index (χ3v) is 3.64. The number of nitro benzene ring substituents is 1. The molecule has 128 valence electrons. The van der Waals surface area contributed by atoms with Gasteiger partial charge in [0.25, 0.3) is 5.69 Å². The maximum Gasteiger partial charge on any atom is 0.262 e. The molecule has 0 N–H and O–H groups in total. The molecule has 2 aromatic carbocycles. The molecule has 0 saturated carbocycles. The zero-order chi connectivity index (χ0) is 17.8. The third-order valence-electron chi connectivity index (χ3n) is 3.64. The predicted molar refractivity (Wildman–Crippen MR) is 88.0 cm³/mol. The molecule has 3 rings (SSSR count). The molecule has 0 bridgehead atoms. The van der Waals surface area contributed by atoms with E-state index in [2.05, 4.69) is 0 Å². The lowest BCUT2D eigenvalue weighted by Gasteiger charge is -2.08. The average Bonchev–Trinajstić information content (AvgIpc) is 2.85. The van der Waals surface area contributed by atoms with Crippen LogP contribution in [0.3, 0.4) is 0 Å². The van der Waals surface area contributed by atoms with Crippen molar-refractivity contribution in [2.75, 3.05) is 13.2 Å². The number of carbonyl (C=O) groups is 1. The standard InChI is InChI=1S/C18H15NO6/c20-15(5-2-12-3-6-16(21)14(10-12)19(22)23)13-4-7-17-18(11-13)25-9-1-8-24-17/h2-7,10-11,21H,1,8-9H2/p-1/b5-2+. The molecular weight excluding hydrogens is 326 g/mol. The number of rotatable bonds is 4. The largest absolute Gasteiger partial charge is 0.868 e. The highest BCUT2D eigenvalue weighted by Gasteiger charge is 2.13. The second-order valence-corrected chi connectivity index (χ2v) is 5.39. The fraction of sp³-hybridized carbons (Fsp3) is 0.167. The van der Waals surface area contributed by atoms with Crippen LogP contribution in [0.15, 0.2) is 42.5 Å². The molecule has 0 aromatic heterocycles. The molecule has 7 heteroatoms. The number of hydrogen-bond acceptors (Lipinski definition) is 6. The molecule has 0 aliphatic carbocycles. The van der Waals surface area contributed by atoms with E-state index >= 15 is 0 Å². The van der Waals surface area contributed by atoms with Gasteiger partial charge in [-0.15, -0.1) is 0 Å². The highest BCUT2D eigenvalue weighted by Crippen LogP contribution is 2.30. The number of carbonyl (C=O) groups excluding carboxylic acids is 1. The lowest BCUT2D eigenvalue weighted by atomic mass is 10.1. The van der Waals surface area contributed by atoms with E-state index in [1.54, 1.807) is 18.2 Å². The van der Waals surface area contributed by atoms with Crippen LogP contribution in [0.2, 0.25) is 0 Å². The van der Waals surface area contributed by atoms with Crippen LogP contribution in [0.1, 0.15) is 22.3 Å². The number of ether oxygens (including phenoxy) is 2. The smallest absolute Gasteiger partial charge is 0.262 e. The Morgan fingerprint density at radius 1 is 1.08 bits per heavy atom. The molecule has 1 heterocycles. The number of nitrogens with zero attached hydrogens (tertiary/aromatic N) is 1. The van der Waals surface area contributed by atoms with Crippen molar-refractivity contribution in [3.05, 3.63) is 63.7 Å². The first kappa shape index (κ1) is 16.5. The monoisotopic (exact) mass is 340 g/mol. The Morgan fingerprint density at radius 3 is 2.60 bits per heavy atom. The van der Waals surface area contributed by atoms with E-state index in [-0.39, 0.29) is 5.78 Å². The summed E-state index contributed by atoms with van der Waals surface area (Å²) in [5.74, 6) is 0.156. The summed E-state index contributed by atoms with van der Waals surface area (Å²) in [6, 6.07) is 8.59. The zero-order valence-electron chi connectivity index (χ0n) is 13.1. The maximum absolute atomic E-state index is 12.3. The van der Waals surface area contributed by atoms with Gasteiger partial charge in [-0.3, -0.25) is 14.9 Å². The minimum Gasteiger partial charge on any atom is -0.868 e. The Balaban J connectivity index is 1.80. The molecule has 1 aliphatic heterocycles. The number of allylic oxidation sites excluding steroid dienone is 1. The second kappa shape index (κ2) is 7.04. The topological polar surface area (TPSA) is 102 Å². The van der Waals surface area contributed by atoms with Crippen molar-refractivity contribution in [3.63, 3.8) is 0 Å². The van der Waals surface area contributed by atoms with Gasteiger partial charge in [0.15, 0.2) is 17.3 Å². The van der Waals surface area contributed by atoms with Crippen LogP contribution in [-0.4, -0.2) is 23.9 Å². The third kappa shape index (κ3) is 3.77. The number of hydrogen-bond donors (Lipinski definition) is 0. The molecule has 1 aliphatic rings. The van der Waals surface area contributed by atoms with Gasteiger partial charge < -0.3 is 14.6 Å². The van der Waals surface area contributed by atoms with E-state index in [4.69, 9.17) is 9.47 Å². The number of ketones is 1. The van der Waals surface area contributed by atoms with Crippen molar-refractivity contribution < 1.29 is 24.3 Å². The summed E-state index contributed by atoms with van der Waals surface area (Å²) in [6.45, 7) is 1.08. The summed E-state index contributed by atoms with van der Waals surface area (Å²) in [5, 5.41) is 22.2. The number of nitro groups is 1. The van der Waals surface area contributed by atoms with E-state index in [1.807, 2.05) is 0 Å². The Bertz CT molecular complexity index is 859. The van der Waals surface area contributed by atoms with E-state index in [0.717, 1.165) is 18.6 Å². The van der Waals surface area contributed by atoms with Gasteiger partial charge >= 0.3 is 0 Å². The number of fused-ring (bicyclic) bond motifs is 1. The zero-order valence-corrected chi connectivity index (χ0v) is 13.1. The first-order chi connectivity index (χ1) is 12.0. The van der Waals surface area contributed by atoms with Gasteiger partial charge in [-0.05, 0) is 35.6 Å². The molecule has 25 heavy (non-hydrogen) atoms. The molecule has 0 fully saturated rings. The first-order valence-corrected chi connectivity index (χ1v) is 7.62. The summed E-state index contributed by atoms with van der Waals surface area (Å²) in [5.41, 5.74) is 0.287. The molecule has 0 saturated heterocycles. The van der Waals surface area contributed by atoms with Gasteiger partial charge in [0.2, 0.25) is 0 Å². The van der Waals surface area contributed by atoms with Crippen LogP contribution >= 0.6 is 0 Å². The Labute approximate surface area is 143 Å². The molecular formula is C18H14NO6-. The van der Waals surface area contributed by atoms with E-state index in [1.165, 1.54) is 18.2 Å². The first-order valence-electron chi connectivity index (χ1n) is 7.62. The molecule has 0 spiro atoms. The highest BCUT2D eigenvalue weighted by atomic mass is 16.6. The Morgan fingerprint density at radius 2 is 1.84 bits per heavy atom. The molecule has 0 atom stereocenters. The van der Waals surface area contributed by atoms with Crippen LogP contribution in [0.25, 0.3) is 6.08 Å². The van der Waals surface area contributed by atoms with Crippen LogP contribution < -0.4 is 14.6 Å². The molecule has 0 radical (unpaired) electrons. The normalized spacial score (nSPS) is 13.4. The minimum atomic E-state index is -0.745. The van der Waals surface area contributed by atoms with Crippen molar-refractivity contribution in [1.82, 2.24) is 0 Å². The van der Waals surface area contributed by atoms with Crippen molar-refractivity contribution in [3.8, 4) is 17.2 Å². The summed E-state index contributed by atoms with van der Waals surface area (Å²) >= 11 is 0. The number of benzene rings is 2. The van der Waals surface area contributed by atoms with Crippen LogP contribution in [0.5, 0.6) is 17.2 Å². The van der Waals surface area contributed by atoms with Gasteiger partial charge in [0.1, 0.15) is 0 Å². The SMILES string of the molecule is O=C(/C=C/c1ccc([O-])c([N+](=O)[O-])c1)c1ccc2c(c1)OCCCO2. The molecule has 7 nitrogen and oxygen atoms in total. The molecule has 0 amide bonds. The van der Waals surface area contributed by atoms with Gasteiger partial charge in [-0.1, -0.05) is 18.2 Å². The summed E-state index contributed by atoms with van der Waals surface area (Å²) in [4.78, 5) is 22.3. The van der Waals surface area contributed by atoms with Crippen LogP contribution in [-0.2, 0) is 0 Å². The fourth-order valence-corrected chi connectivity index (χ4v) is 2.37. The average molecular weight is 340 g/mol. The van der Waals surface area contributed by atoms with E-state index < -0.39 is 16.4 Å². The minimum absolute atomic E-state index is 0.287. The van der Waals surface area contributed by atoms with Crippen molar-refractivity contribution in [2.24, 2.45) is 0 Å². The van der Waals surface area contributed by atoms with Crippen LogP contribution in [0, 0.1) is 10.1 Å². The Kier molecular flexibility index (Phi) is 4.65. The molecule has 0 unspecified atom stereocenters. The van der Waals surface area contributed by atoms with Gasteiger partial charge in [0.05, 0.1) is 18.1 Å². The van der Waals surface area contributed by atoms with Crippen molar-refractivity contribution in [1.29, 1.82) is 0 Å². The van der Waals surface area contributed by atoms with Crippen LogP contribution in [0.4, 0.5) is 5.69 Å². The van der Waals surface area contributed by atoms with E-state index in [0.29, 0.717) is 35.8 Å². The maximum atomic E-state index is 12.3. The van der Waals surface area contributed by atoms with Crippen molar-refractivity contribution in [2.45, 2.75) is 6.42 Å². The fourth-order valence-electron chi connectivity index (χ4n) is 2.37. The highest BCUT2D eigenvalue weighted by molar-refractivity contribution is 6.07. The quantitative estimate of drug-likeness (QED) is 0.367. The van der Waals surface area contributed by atoms with Gasteiger partial charge in [-0.2, -0.15) is 0 Å². The summed E-state index contributed by atoms with van der Waals surface area (Å²) in [6.07, 6.45) is 3.49. The predicted octanol–water partition coefficient (Wildman–Crippen LogP) is 2.73. The second-order valence-electron chi connectivity index (χ2n) is 5.39.